The van der Waals surface area contributed by atoms with Crippen molar-refractivity contribution in [3.8, 4) is 17.6 Å². The van der Waals surface area contributed by atoms with Gasteiger partial charge in [0.2, 0.25) is 6.79 Å². The zero-order chi connectivity index (χ0) is 17.7. The highest BCUT2D eigenvalue weighted by Gasteiger charge is 2.72. The summed E-state index contributed by atoms with van der Waals surface area (Å²) in [5.74, 6) is 0.299. The fourth-order valence-electron chi connectivity index (χ4n) is 3.42. The molecule has 3 atom stereocenters. The van der Waals surface area contributed by atoms with Crippen molar-refractivity contribution >= 4 is 16.1 Å². The van der Waals surface area contributed by atoms with Crippen molar-refractivity contribution in [2.45, 2.75) is 16.1 Å². The number of rotatable bonds is 4. The van der Waals surface area contributed by atoms with Crippen molar-refractivity contribution in [2.24, 2.45) is 5.41 Å². The third-order valence-electron chi connectivity index (χ3n) is 4.73. The van der Waals surface area contributed by atoms with E-state index in [-0.39, 0.29) is 11.7 Å². The Bertz CT molecular complexity index is 996. The van der Waals surface area contributed by atoms with Crippen LogP contribution in [0.4, 0.5) is 0 Å². The molecule has 0 N–H and O–H groups in total. The second-order valence-corrected chi connectivity index (χ2v) is 8.10. The molecular formula is C18H13NO5S. The van der Waals surface area contributed by atoms with Crippen LogP contribution in [0, 0.1) is 16.7 Å². The molecule has 1 fully saturated rings. The number of carbonyl (C=O) groups excluding carboxylic acids is 1. The Balaban J connectivity index is 1.80. The summed E-state index contributed by atoms with van der Waals surface area (Å²) in [7, 11) is -3.83. The van der Waals surface area contributed by atoms with Crippen LogP contribution in [0.5, 0.6) is 11.5 Å². The number of carbonyl (C=O) groups is 1. The lowest BCUT2D eigenvalue weighted by molar-refractivity contribution is -0.110. The van der Waals surface area contributed by atoms with Crippen LogP contribution in [0.1, 0.15) is 11.5 Å². The van der Waals surface area contributed by atoms with Crippen LogP contribution in [0.15, 0.2) is 53.4 Å². The first-order chi connectivity index (χ1) is 12.0. The zero-order valence-corrected chi connectivity index (χ0v) is 13.8. The highest BCUT2D eigenvalue weighted by atomic mass is 32.2. The molecule has 0 unspecified atom stereocenters. The van der Waals surface area contributed by atoms with Gasteiger partial charge in [0.1, 0.15) is 17.0 Å². The van der Waals surface area contributed by atoms with Gasteiger partial charge in [-0.25, -0.2) is 8.42 Å². The van der Waals surface area contributed by atoms with E-state index in [1.54, 1.807) is 36.4 Å². The quantitative estimate of drug-likeness (QED) is 0.780. The molecule has 2 aromatic rings. The van der Waals surface area contributed by atoms with Crippen LogP contribution in [-0.2, 0) is 14.6 Å². The summed E-state index contributed by atoms with van der Waals surface area (Å²) >= 11 is 0. The van der Waals surface area contributed by atoms with Gasteiger partial charge in [-0.15, -0.1) is 0 Å². The number of ether oxygens (including phenoxy) is 2. The third-order valence-corrected chi connectivity index (χ3v) is 6.99. The SMILES string of the molecule is N#C[C@]1(C=O)[C@H](c2ccc3c(c2)OCO3)[C@@H]1S(=O)(=O)c1ccccc1. The molecule has 25 heavy (non-hydrogen) atoms. The summed E-state index contributed by atoms with van der Waals surface area (Å²) in [6.07, 6.45) is 0.452. The minimum Gasteiger partial charge on any atom is -0.454 e. The van der Waals surface area contributed by atoms with Crippen LogP contribution >= 0.6 is 0 Å². The highest BCUT2D eigenvalue weighted by Crippen LogP contribution is 2.63. The maximum Gasteiger partial charge on any atom is 0.231 e. The summed E-state index contributed by atoms with van der Waals surface area (Å²) in [4.78, 5) is 11.8. The van der Waals surface area contributed by atoms with E-state index in [0.717, 1.165) is 0 Å². The van der Waals surface area contributed by atoms with Crippen molar-refractivity contribution in [3.63, 3.8) is 0 Å². The Labute approximate surface area is 144 Å². The van der Waals surface area contributed by atoms with Crippen LogP contribution in [0.2, 0.25) is 0 Å². The van der Waals surface area contributed by atoms with E-state index in [1.807, 2.05) is 6.07 Å². The summed E-state index contributed by atoms with van der Waals surface area (Å²) in [5.41, 5.74) is -1.02. The normalized spacial score (nSPS) is 26.7. The number of nitrogens with zero attached hydrogens (tertiary/aromatic N) is 1. The largest absolute Gasteiger partial charge is 0.454 e. The van der Waals surface area contributed by atoms with Gasteiger partial charge in [0.25, 0.3) is 0 Å². The number of benzene rings is 2. The second-order valence-electron chi connectivity index (χ2n) is 6.03. The average Bonchev–Trinajstić information content (AvgIpc) is 3.12. The van der Waals surface area contributed by atoms with Crippen molar-refractivity contribution in [2.75, 3.05) is 6.79 Å². The molecule has 126 valence electrons. The Morgan fingerprint density at radius 2 is 1.84 bits per heavy atom. The molecule has 7 heteroatoms. The predicted molar refractivity (Wildman–Crippen MR) is 86.8 cm³/mol. The summed E-state index contributed by atoms with van der Waals surface area (Å²) in [6.45, 7) is 0.0896. The molecule has 6 nitrogen and oxygen atoms in total. The van der Waals surface area contributed by atoms with E-state index in [9.17, 15) is 18.5 Å². The summed E-state index contributed by atoms with van der Waals surface area (Å²) in [5, 5.41) is 8.44. The fraction of sp³-hybridized carbons (Fsp3) is 0.222. The van der Waals surface area contributed by atoms with Crippen molar-refractivity contribution in [1.82, 2.24) is 0 Å². The molecule has 1 saturated carbocycles. The van der Waals surface area contributed by atoms with E-state index < -0.39 is 26.4 Å². The summed E-state index contributed by atoms with van der Waals surface area (Å²) < 4.78 is 36.5. The van der Waals surface area contributed by atoms with Gasteiger partial charge in [0.15, 0.2) is 21.3 Å². The maximum absolute atomic E-state index is 13.0. The van der Waals surface area contributed by atoms with E-state index in [0.29, 0.717) is 23.3 Å². The number of hydrogen-bond donors (Lipinski definition) is 0. The molecule has 1 aliphatic carbocycles. The Morgan fingerprint density at radius 3 is 2.52 bits per heavy atom. The number of hydrogen-bond acceptors (Lipinski definition) is 6. The fourth-order valence-corrected chi connectivity index (χ4v) is 5.68. The first-order valence-electron chi connectivity index (χ1n) is 7.60. The lowest BCUT2D eigenvalue weighted by atomic mass is 10.0. The van der Waals surface area contributed by atoms with E-state index in [4.69, 9.17) is 9.47 Å². The van der Waals surface area contributed by atoms with E-state index in [1.165, 1.54) is 12.1 Å². The second kappa shape index (κ2) is 5.33. The number of sulfone groups is 1. The lowest BCUT2D eigenvalue weighted by Crippen LogP contribution is -2.16. The van der Waals surface area contributed by atoms with Gasteiger partial charge in [0, 0.05) is 5.92 Å². The van der Waals surface area contributed by atoms with Gasteiger partial charge in [0.05, 0.1) is 11.0 Å². The molecular weight excluding hydrogens is 342 g/mol. The Morgan fingerprint density at radius 1 is 1.12 bits per heavy atom. The molecule has 2 aromatic carbocycles. The molecule has 0 radical (unpaired) electrons. The molecule has 0 bridgehead atoms. The van der Waals surface area contributed by atoms with Crippen molar-refractivity contribution in [3.05, 3.63) is 54.1 Å². The van der Waals surface area contributed by atoms with Gasteiger partial charge in [-0.1, -0.05) is 24.3 Å². The minimum absolute atomic E-state index is 0.0896. The summed E-state index contributed by atoms with van der Waals surface area (Å²) in [6, 6.07) is 14.8. The molecule has 0 saturated heterocycles. The highest BCUT2D eigenvalue weighted by molar-refractivity contribution is 7.92. The van der Waals surface area contributed by atoms with Gasteiger partial charge < -0.3 is 14.3 Å². The smallest absolute Gasteiger partial charge is 0.231 e. The van der Waals surface area contributed by atoms with Crippen molar-refractivity contribution in [1.29, 1.82) is 5.26 Å². The molecule has 0 aromatic heterocycles. The van der Waals surface area contributed by atoms with Gasteiger partial charge in [-0.3, -0.25) is 0 Å². The van der Waals surface area contributed by atoms with Crippen LogP contribution < -0.4 is 9.47 Å². The first kappa shape index (κ1) is 15.7. The first-order valence-corrected chi connectivity index (χ1v) is 9.15. The minimum atomic E-state index is -3.83. The number of aldehydes is 1. The molecule has 1 aliphatic heterocycles. The predicted octanol–water partition coefficient (Wildman–Crippen LogP) is 2.06. The third kappa shape index (κ3) is 2.14. The molecule has 0 amide bonds. The van der Waals surface area contributed by atoms with Crippen LogP contribution in [0.25, 0.3) is 0 Å². The molecule has 1 heterocycles. The van der Waals surface area contributed by atoms with Gasteiger partial charge in [-0.05, 0) is 29.8 Å². The Kier molecular flexibility index (Phi) is 3.34. The zero-order valence-electron chi connectivity index (χ0n) is 13.0. The monoisotopic (exact) mass is 355 g/mol. The van der Waals surface area contributed by atoms with E-state index >= 15 is 0 Å². The number of nitriles is 1. The molecule has 0 spiro atoms. The standard InChI is InChI=1S/C18H13NO5S/c19-9-18(10-20)16(12-6-7-14-15(8-12)24-11-23-14)17(18)25(21,22)13-4-2-1-3-5-13/h1-8,10,16-17H,11H2/t16-,17+,18+/m1/s1. The van der Waals surface area contributed by atoms with Crippen LogP contribution in [0.3, 0.4) is 0 Å². The van der Waals surface area contributed by atoms with Crippen molar-refractivity contribution < 1.29 is 22.7 Å². The molecule has 2 aliphatic rings. The lowest BCUT2D eigenvalue weighted by Gasteiger charge is -2.04. The topological polar surface area (TPSA) is 93.5 Å². The van der Waals surface area contributed by atoms with Gasteiger partial charge >= 0.3 is 0 Å². The van der Waals surface area contributed by atoms with Crippen LogP contribution in [-0.4, -0.2) is 26.7 Å². The Hall–Kier alpha value is -2.85. The maximum atomic E-state index is 13.0. The van der Waals surface area contributed by atoms with Gasteiger partial charge in [-0.2, -0.15) is 5.26 Å². The molecule has 4 rings (SSSR count). The average molecular weight is 355 g/mol. The number of fused-ring (bicyclic) bond motifs is 1. The van der Waals surface area contributed by atoms with E-state index in [2.05, 4.69) is 0 Å².